The number of nitrogens with one attached hydrogen (secondary N) is 2. The Labute approximate surface area is 62.7 Å². The Bertz CT molecular complexity index is 138. The lowest BCUT2D eigenvalue weighted by atomic mass is 9.98. The summed E-state index contributed by atoms with van der Waals surface area (Å²) < 4.78 is 0. The largest absolute Gasteiger partial charge is 0.304 e. The maximum Gasteiger partial charge on any atom is 0.0546 e. The second-order valence-corrected chi connectivity index (χ2v) is 2.73. The topological polar surface area (TPSA) is 47.7 Å². The maximum absolute atomic E-state index is 7.43. The molecule has 0 amide bonds. The third-order valence-electron chi connectivity index (χ3n) is 1.62. The summed E-state index contributed by atoms with van der Waals surface area (Å²) in [5.41, 5.74) is 0.891. The second kappa shape index (κ2) is 4.20. The molecule has 0 aromatic heterocycles. The van der Waals surface area contributed by atoms with Gasteiger partial charge in [-0.25, -0.2) is 0 Å². The third kappa shape index (κ3) is 2.76. The fraction of sp³-hybridized carbons (Fsp3) is 0.750. The molecule has 0 radical (unpaired) electrons. The summed E-state index contributed by atoms with van der Waals surface area (Å²) in [6.45, 7) is 5.78. The van der Waals surface area contributed by atoms with Crippen molar-refractivity contribution in [3.05, 3.63) is 0 Å². The Morgan fingerprint density at radius 1 is 1.40 bits per heavy atom. The van der Waals surface area contributed by atoms with Crippen molar-refractivity contribution in [2.75, 3.05) is 0 Å². The van der Waals surface area contributed by atoms with Crippen molar-refractivity contribution < 1.29 is 0 Å². The lowest BCUT2D eigenvalue weighted by molar-refractivity contribution is 0.668. The second-order valence-electron chi connectivity index (χ2n) is 2.73. The maximum atomic E-state index is 7.43. The first-order valence-electron chi connectivity index (χ1n) is 3.73. The highest BCUT2D eigenvalue weighted by Crippen LogP contribution is 2.06. The van der Waals surface area contributed by atoms with E-state index in [2.05, 4.69) is 6.92 Å². The van der Waals surface area contributed by atoms with E-state index in [4.69, 9.17) is 10.8 Å². The third-order valence-corrected chi connectivity index (χ3v) is 1.62. The quantitative estimate of drug-likeness (QED) is 0.564. The van der Waals surface area contributed by atoms with E-state index in [0.29, 0.717) is 11.4 Å². The molecule has 58 valence electrons. The molecule has 0 saturated heterocycles. The molecule has 2 N–H and O–H groups in total. The summed E-state index contributed by atoms with van der Waals surface area (Å²) in [5, 5.41) is 14.6. The molecule has 0 aromatic rings. The van der Waals surface area contributed by atoms with Crippen molar-refractivity contribution in [3.8, 4) is 0 Å². The SMILES string of the molecule is CCCC(C)C(=N)C(C)=N. The van der Waals surface area contributed by atoms with Gasteiger partial charge in [0.05, 0.1) is 5.71 Å². The fourth-order valence-electron chi connectivity index (χ4n) is 0.947. The summed E-state index contributed by atoms with van der Waals surface area (Å²) in [4.78, 5) is 0. The van der Waals surface area contributed by atoms with Gasteiger partial charge in [-0.1, -0.05) is 20.3 Å². The molecule has 0 aliphatic carbocycles. The molecule has 0 aliphatic rings. The molecular weight excluding hydrogens is 124 g/mol. The van der Waals surface area contributed by atoms with Crippen LogP contribution < -0.4 is 0 Å². The molecule has 2 heteroatoms. The van der Waals surface area contributed by atoms with E-state index in [1.165, 1.54) is 0 Å². The van der Waals surface area contributed by atoms with Crippen molar-refractivity contribution in [2.45, 2.75) is 33.6 Å². The summed E-state index contributed by atoms with van der Waals surface area (Å²) in [5.74, 6) is 0.266. The zero-order chi connectivity index (χ0) is 8.15. The Morgan fingerprint density at radius 2 is 1.90 bits per heavy atom. The minimum Gasteiger partial charge on any atom is -0.304 e. The average Bonchev–Trinajstić information content (AvgIpc) is 1.87. The highest BCUT2D eigenvalue weighted by atomic mass is 14.5. The van der Waals surface area contributed by atoms with Crippen molar-refractivity contribution in [1.82, 2.24) is 0 Å². The van der Waals surface area contributed by atoms with Crippen molar-refractivity contribution in [2.24, 2.45) is 5.92 Å². The van der Waals surface area contributed by atoms with Gasteiger partial charge in [0, 0.05) is 5.71 Å². The van der Waals surface area contributed by atoms with Crippen molar-refractivity contribution in [3.63, 3.8) is 0 Å². The summed E-state index contributed by atoms with van der Waals surface area (Å²) in [6.07, 6.45) is 2.12. The minimum absolute atomic E-state index is 0.266. The Balaban J connectivity index is 3.82. The van der Waals surface area contributed by atoms with Gasteiger partial charge in [0.25, 0.3) is 0 Å². The van der Waals surface area contributed by atoms with Crippen LogP contribution in [-0.2, 0) is 0 Å². The van der Waals surface area contributed by atoms with E-state index < -0.39 is 0 Å². The van der Waals surface area contributed by atoms with Crippen LogP contribution in [0.2, 0.25) is 0 Å². The normalized spacial score (nSPS) is 12.7. The molecule has 10 heavy (non-hydrogen) atoms. The lowest BCUT2D eigenvalue weighted by Gasteiger charge is -2.09. The van der Waals surface area contributed by atoms with Crippen LogP contribution in [0.3, 0.4) is 0 Å². The first-order valence-corrected chi connectivity index (χ1v) is 3.73. The first kappa shape index (κ1) is 9.34. The molecule has 0 saturated carbocycles. The van der Waals surface area contributed by atoms with E-state index in [0.717, 1.165) is 12.8 Å². The molecule has 0 aliphatic heterocycles. The van der Waals surface area contributed by atoms with Gasteiger partial charge in [0.15, 0.2) is 0 Å². The van der Waals surface area contributed by atoms with Crippen molar-refractivity contribution in [1.29, 1.82) is 10.8 Å². The van der Waals surface area contributed by atoms with E-state index in [1.807, 2.05) is 6.92 Å². The van der Waals surface area contributed by atoms with Gasteiger partial charge in [0.2, 0.25) is 0 Å². The summed E-state index contributed by atoms with van der Waals surface area (Å²) in [7, 11) is 0. The van der Waals surface area contributed by atoms with Crippen LogP contribution in [0.1, 0.15) is 33.6 Å². The fourth-order valence-corrected chi connectivity index (χ4v) is 0.947. The Morgan fingerprint density at radius 3 is 2.20 bits per heavy atom. The van der Waals surface area contributed by atoms with Gasteiger partial charge in [-0.15, -0.1) is 0 Å². The minimum atomic E-state index is 0.266. The standard InChI is InChI=1S/C8H16N2/c1-4-5-6(2)8(10)7(3)9/h6,9-10H,4-5H2,1-3H3. The molecule has 0 bridgehead atoms. The smallest absolute Gasteiger partial charge is 0.0546 e. The van der Waals surface area contributed by atoms with E-state index in [9.17, 15) is 0 Å². The predicted molar refractivity (Wildman–Crippen MR) is 45.2 cm³/mol. The first-order chi connectivity index (χ1) is 4.59. The van der Waals surface area contributed by atoms with Crippen LogP contribution in [-0.4, -0.2) is 11.4 Å². The van der Waals surface area contributed by atoms with Gasteiger partial charge >= 0.3 is 0 Å². The monoisotopic (exact) mass is 140 g/mol. The molecule has 0 fully saturated rings. The van der Waals surface area contributed by atoms with Gasteiger partial charge in [-0.2, -0.15) is 0 Å². The van der Waals surface area contributed by atoms with Crippen LogP contribution in [0.4, 0.5) is 0 Å². The lowest BCUT2D eigenvalue weighted by Crippen LogP contribution is -2.16. The molecule has 1 atom stereocenters. The highest BCUT2D eigenvalue weighted by Gasteiger charge is 2.08. The predicted octanol–water partition coefficient (Wildman–Crippen LogP) is 2.48. The van der Waals surface area contributed by atoms with Crippen molar-refractivity contribution >= 4 is 11.4 Å². The molecule has 0 spiro atoms. The van der Waals surface area contributed by atoms with Crippen LogP contribution in [0.15, 0.2) is 0 Å². The Kier molecular flexibility index (Phi) is 3.93. The zero-order valence-corrected chi connectivity index (χ0v) is 6.99. The van der Waals surface area contributed by atoms with Gasteiger partial charge in [0.1, 0.15) is 0 Å². The molecular formula is C8H16N2. The van der Waals surface area contributed by atoms with E-state index in [-0.39, 0.29) is 5.92 Å². The number of hydrogen-bond acceptors (Lipinski definition) is 2. The molecule has 0 heterocycles. The van der Waals surface area contributed by atoms with Gasteiger partial charge in [-0.05, 0) is 19.3 Å². The van der Waals surface area contributed by atoms with Crippen LogP contribution >= 0.6 is 0 Å². The zero-order valence-electron chi connectivity index (χ0n) is 6.99. The number of rotatable bonds is 4. The highest BCUT2D eigenvalue weighted by molar-refractivity contribution is 6.39. The van der Waals surface area contributed by atoms with Gasteiger partial charge in [-0.3, -0.25) is 0 Å². The number of hydrogen-bond donors (Lipinski definition) is 2. The van der Waals surface area contributed by atoms with Crippen LogP contribution in [0, 0.1) is 16.7 Å². The molecule has 0 aromatic carbocycles. The van der Waals surface area contributed by atoms with Gasteiger partial charge < -0.3 is 10.8 Å². The van der Waals surface area contributed by atoms with E-state index >= 15 is 0 Å². The summed E-state index contributed by atoms with van der Waals surface area (Å²) in [6, 6.07) is 0. The summed E-state index contributed by atoms with van der Waals surface area (Å²) >= 11 is 0. The van der Waals surface area contributed by atoms with E-state index in [1.54, 1.807) is 6.92 Å². The molecule has 2 nitrogen and oxygen atoms in total. The van der Waals surface area contributed by atoms with Crippen LogP contribution in [0.5, 0.6) is 0 Å². The molecule has 0 rings (SSSR count). The Hall–Kier alpha value is -0.660. The van der Waals surface area contributed by atoms with Crippen LogP contribution in [0.25, 0.3) is 0 Å². The molecule has 1 unspecified atom stereocenters. The average molecular weight is 140 g/mol.